The first kappa shape index (κ1) is 16.2. The highest BCUT2D eigenvalue weighted by Crippen LogP contribution is 2.23. The van der Waals surface area contributed by atoms with E-state index in [2.05, 4.69) is 26.1 Å². The van der Waals surface area contributed by atoms with Crippen molar-refractivity contribution >= 4 is 9.84 Å². The van der Waals surface area contributed by atoms with Gasteiger partial charge < -0.3 is 5.32 Å². The van der Waals surface area contributed by atoms with Crippen LogP contribution in [0.25, 0.3) is 0 Å². The van der Waals surface area contributed by atoms with Crippen molar-refractivity contribution in [1.29, 1.82) is 0 Å². The summed E-state index contributed by atoms with van der Waals surface area (Å²) in [7, 11) is -3.18. The van der Waals surface area contributed by atoms with Crippen LogP contribution < -0.4 is 5.32 Å². The molecule has 0 atom stereocenters. The van der Waals surface area contributed by atoms with Gasteiger partial charge in [0.05, 0.1) is 10.6 Å². The number of rotatable bonds is 5. The summed E-state index contributed by atoms with van der Waals surface area (Å²) in [5.41, 5.74) is 1.19. The lowest BCUT2D eigenvalue weighted by molar-refractivity contribution is 0.576. The Morgan fingerprint density at radius 1 is 1.11 bits per heavy atom. The van der Waals surface area contributed by atoms with Gasteiger partial charge in [-0.3, -0.25) is 0 Å². The van der Waals surface area contributed by atoms with Crippen LogP contribution in [-0.2, 0) is 15.3 Å². The van der Waals surface area contributed by atoms with Crippen LogP contribution in [0.1, 0.15) is 40.2 Å². The van der Waals surface area contributed by atoms with Crippen LogP contribution in [0.15, 0.2) is 29.2 Å². The van der Waals surface area contributed by atoms with Crippen LogP contribution in [0, 0.1) is 0 Å². The van der Waals surface area contributed by atoms with Crippen LogP contribution in [0.4, 0.5) is 0 Å². The van der Waals surface area contributed by atoms with E-state index in [1.807, 2.05) is 26.0 Å². The van der Waals surface area contributed by atoms with Crippen LogP contribution in [0.5, 0.6) is 0 Å². The summed E-state index contributed by atoms with van der Waals surface area (Å²) in [6.45, 7) is 10.8. The van der Waals surface area contributed by atoms with Crippen molar-refractivity contribution in [3.63, 3.8) is 0 Å². The molecule has 0 aromatic heterocycles. The zero-order valence-corrected chi connectivity index (χ0v) is 13.3. The van der Waals surface area contributed by atoms with E-state index in [0.717, 1.165) is 5.56 Å². The molecule has 0 fully saturated rings. The van der Waals surface area contributed by atoms with Gasteiger partial charge in [0.25, 0.3) is 0 Å². The summed E-state index contributed by atoms with van der Waals surface area (Å²) in [6, 6.07) is 7.54. The molecule has 0 aliphatic rings. The topological polar surface area (TPSA) is 46.2 Å². The number of hydrogen-bond donors (Lipinski definition) is 1. The van der Waals surface area contributed by atoms with Crippen LogP contribution >= 0.6 is 0 Å². The Bertz CT molecular complexity index is 496. The quantitative estimate of drug-likeness (QED) is 0.904. The molecule has 1 aromatic rings. The number of nitrogens with one attached hydrogen (secondary N) is 1. The third-order valence-electron chi connectivity index (χ3n) is 3.00. The van der Waals surface area contributed by atoms with E-state index in [4.69, 9.17) is 0 Å². The molecule has 0 amide bonds. The third kappa shape index (κ3) is 4.96. The highest BCUT2D eigenvalue weighted by molar-refractivity contribution is 7.91. The molecule has 0 radical (unpaired) electrons. The fraction of sp³-hybridized carbons (Fsp3) is 0.600. The molecule has 0 unspecified atom stereocenters. The molecular formula is C15H25NO2S. The second-order valence-corrected chi connectivity index (χ2v) is 8.31. The van der Waals surface area contributed by atoms with Gasteiger partial charge in [-0.15, -0.1) is 0 Å². The largest absolute Gasteiger partial charge is 0.314 e. The Labute approximate surface area is 117 Å². The zero-order chi connectivity index (χ0) is 14.7. The Hall–Kier alpha value is -0.870. The zero-order valence-electron chi connectivity index (χ0n) is 12.5. The first-order valence-corrected chi connectivity index (χ1v) is 8.35. The molecule has 0 saturated heterocycles. The smallest absolute Gasteiger partial charge is 0.179 e. The van der Waals surface area contributed by atoms with Gasteiger partial charge in [-0.25, -0.2) is 8.42 Å². The Morgan fingerprint density at radius 3 is 2.05 bits per heavy atom. The van der Waals surface area contributed by atoms with E-state index < -0.39 is 9.84 Å². The van der Waals surface area contributed by atoms with E-state index in [9.17, 15) is 8.42 Å². The third-order valence-corrected chi connectivity index (χ3v) is 4.73. The summed E-state index contributed by atoms with van der Waals surface area (Å²) in [5.74, 6) is 0.139. The molecule has 0 spiro atoms. The average Bonchev–Trinajstić information content (AvgIpc) is 2.27. The highest BCUT2D eigenvalue weighted by atomic mass is 32.2. The minimum Gasteiger partial charge on any atom is -0.314 e. The normalized spacial score (nSPS) is 12.9. The van der Waals surface area contributed by atoms with Crippen molar-refractivity contribution in [2.24, 2.45) is 0 Å². The molecule has 3 nitrogen and oxygen atoms in total. The number of sulfone groups is 1. The predicted molar refractivity (Wildman–Crippen MR) is 80.3 cm³/mol. The average molecular weight is 283 g/mol. The summed E-state index contributed by atoms with van der Waals surface area (Å²) in [6.07, 6.45) is 0. The fourth-order valence-electron chi connectivity index (χ4n) is 1.76. The molecule has 108 valence electrons. The highest BCUT2D eigenvalue weighted by Gasteiger charge is 2.17. The van der Waals surface area contributed by atoms with E-state index in [1.54, 1.807) is 12.1 Å². The number of hydrogen-bond acceptors (Lipinski definition) is 3. The van der Waals surface area contributed by atoms with Gasteiger partial charge in [0.2, 0.25) is 0 Å². The first-order chi connectivity index (χ1) is 8.63. The Balaban J connectivity index is 2.80. The van der Waals surface area contributed by atoms with E-state index in [0.29, 0.717) is 17.5 Å². The van der Waals surface area contributed by atoms with Gasteiger partial charge in [0, 0.05) is 12.6 Å². The van der Waals surface area contributed by atoms with Gasteiger partial charge in [-0.05, 0) is 23.1 Å². The maximum atomic E-state index is 12.1. The van der Waals surface area contributed by atoms with Gasteiger partial charge in [-0.1, -0.05) is 46.8 Å². The predicted octanol–water partition coefficient (Wildman–Crippen LogP) is 2.76. The molecular weight excluding hydrogens is 258 g/mol. The van der Waals surface area contributed by atoms with E-state index in [1.165, 1.54) is 0 Å². The molecule has 1 rings (SSSR count). The minimum atomic E-state index is -3.18. The van der Waals surface area contributed by atoms with Crippen molar-refractivity contribution in [1.82, 2.24) is 5.32 Å². The SMILES string of the molecule is CC(C)NCCS(=O)(=O)c1ccc(C(C)(C)C)cc1. The maximum absolute atomic E-state index is 12.1. The van der Waals surface area contributed by atoms with Gasteiger partial charge in [0.15, 0.2) is 9.84 Å². The molecule has 1 N–H and O–H groups in total. The molecule has 1 aromatic carbocycles. The van der Waals surface area contributed by atoms with E-state index in [-0.39, 0.29) is 11.2 Å². The number of benzene rings is 1. The summed E-state index contributed by atoms with van der Waals surface area (Å²) in [4.78, 5) is 0.408. The van der Waals surface area contributed by atoms with Crippen LogP contribution in [-0.4, -0.2) is 26.8 Å². The second-order valence-electron chi connectivity index (χ2n) is 6.20. The lowest BCUT2D eigenvalue weighted by Crippen LogP contribution is -2.28. The summed E-state index contributed by atoms with van der Waals surface area (Å²) in [5, 5.41) is 3.13. The summed E-state index contributed by atoms with van der Waals surface area (Å²) >= 11 is 0. The second kappa shape index (κ2) is 6.06. The molecule has 0 aliphatic carbocycles. The van der Waals surface area contributed by atoms with Crippen molar-refractivity contribution in [2.45, 2.75) is 51.0 Å². The lowest BCUT2D eigenvalue weighted by Gasteiger charge is -2.19. The monoisotopic (exact) mass is 283 g/mol. The van der Waals surface area contributed by atoms with Gasteiger partial charge in [0.1, 0.15) is 0 Å². The summed E-state index contributed by atoms with van der Waals surface area (Å²) < 4.78 is 24.3. The van der Waals surface area contributed by atoms with Crippen LogP contribution in [0.2, 0.25) is 0 Å². The molecule has 4 heteroatoms. The van der Waals surface area contributed by atoms with Gasteiger partial charge in [-0.2, -0.15) is 0 Å². The molecule has 0 bridgehead atoms. The maximum Gasteiger partial charge on any atom is 0.179 e. The standard InChI is InChI=1S/C15H25NO2S/c1-12(2)16-10-11-19(17,18)14-8-6-13(7-9-14)15(3,4)5/h6-9,12,16H,10-11H2,1-5H3. The molecule has 0 heterocycles. The molecule has 0 aliphatic heterocycles. The Kier molecular flexibility index (Phi) is 5.16. The van der Waals surface area contributed by atoms with Crippen molar-refractivity contribution in [3.05, 3.63) is 29.8 Å². The fourth-order valence-corrected chi connectivity index (χ4v) is 2.94. The van der Waals surface area contributed by atoms with Crippen molar-refractivity contribution in [3.8, 4) is 0 Å². The Morgan fingerprint density at radius 2 is 1.63 bits per heavy atom. The van der Waals surface area contributed by atoms with E-state index >= 15 is 0 Å². The minimum absolute atomic E-state index is 0.0431. The molecule has 19 heavy (non-hydrogen) atoms. The van der Waals surface area contributed by atoms with Gasteiger partial charge >= 0.3 is 0 Å². The van der Waals surface area contributed by atoms with Crippen LogP contribution in [0.3, 0.4) is 0 Å². The van der Waals surface area contributed by atoms with Crippen molar-refractivity contribution in [2.75, 3.05) is 12.3 Å². The van der Waals surface area contributed by atoms with Crippen molar-refractivity contribution < 1.29 is 8.42 Å². The molecule has 0 saturated carbocycles. The first-order valence-electron chi connectivity index (χ1n) is 6.69. The lowest BCUT2D eigenvalue weighted by atomic mass is 9.87.